The van der Waals surface area contributed by atoms with Crippen LogP contribution < -0.4 is 5.69 Å². The largest absolute Gasteiger partial charge is 0.346 e. The average Bonchev–Trinajstić information content (AvgIpc) is 3.66. The molecule has 2 aromatic carbocycles. The lowest BCUT2D eigenvalue weighted by Crippen LogP contribution is -2.28. The molecule has 6 heteroatoms. The molecule has 0 amide bonds. The van der Waals surface area contributed by atoms with Crippen LogP contribution in [0.2, 0.25) is 5.02 Å². The number of aromatic nitrogens is 3. The third-order valence-electron chi connectivity index (χ3n) is 6.32. The molecule has 1 unspecified atom stereocenters. The highest BCUT2D eigenvalue weighted by Gasteiger charge is 2.34. The predicted octanol–water partition coefficient (Wildman–Crippen LogP) is 5.16. The molecule has 160 valence electrons. The Morgan fingerprint density at radius 3 is 2.52 bits per heavy atom. The summed E-state index contributed by atoms with van der Waals surface area (Å²) in [6.07, 6.45) is 4.73. The van der Waals surface area contributed by atoms with E-state index in [0.29, 0.717) is 23.2 Å². The second-order valence-corrected chi connectivity index (χ2v) is 9.41. The fourth-order valence-electron chi connectivity index (χ4n) is 4.41. The van der Waals surface area contributed by atoms with E-state index < -0.39 is 0 Å². The van der Waals surface area contributed by atoms with Crippen molar-refractivity contribution in [2.75, 3.05) is 0 Å². The summed E-state index contributed by atoms with van der Waals surface area (Å²) in [5, 5.41) is 5.21. The Hall–Kier alpha value is -2.66. The van der Waals surface area contributed by atoms with Crippen molar-refractivity contribution in [2.45, 2.75) is 57.5 Å². The number of nitrogens with zero attached hydrogens (tertiary/aromatic N) is 3. The van der Waals surface area contributed by atoms with Crippen LogP contribution in [-0.4, -0.2) is 20.1 Å². The number of hydrogen-bond donors (Lipinski definition) is 0. The van der Waals surface area contributed by atoms with Crippen molar-refractivity contribution >= 4 is 17.4 Å². The van der Waals surface area contributed by atoms with Crippen LogP contribution >= 0.6 is 11.6 Å². The van der Waals surface area contributed by atoms with E-state index in [9.17, 15) is 9.59 Å². The maximum absolute atomic E-state index is 13.1. The molecule has 1 heterocycles. The number of Topliss-reactive ketones (excluding diaryl/α,β-unsaturated/α-hetero) is 1. The van der Waals surface area contributed by atoms with Gasteiger partial charge in [-0.25, -0.2) is 9.48 Å². The molecule has 2 fully saturated rings. The third kappa shape index (κ3) is 4.38. The van der Waals surface area contributed by atoms with Crippen molar-refractivity contribution < 1.29 is 4.79 Å². The predicted molar refractivity (Wildman–Crippen MR) is 121 cm³/mol. The van der Waals surface area contributed by atoms with E-state index in [2.05, 4.69) is 36.3 Å². The maximum Gasteiger partial charge on any atom is 0.346 e. The zero-order valence-corrected chi connectivity index (χ0v) is 18.4. The summed E-state index contributed by atoms with van der Waals surface area (Å²) < 4.78 is 3.10. The Labute approximate surface area is 186 Å². The molecule has 5 nitrogen and oxygen atoms in total. The maximum atomic E-state index is 13.1. The SMILES string of the molecule is Cc1cccc(C(CC(=O)Cn2nc(-c3ccc(Cl)cc3)n(C3CC3)c2=O)C2CC2)c1. The minimum absolute atomic E-state index is 0.0220. The first-order valence-electron chi connectivity index (χ1n) is 11.0. The van der Waals surface area contributed by atoms with Gasteiger partial charge < -0.3 is 0 Å². The van der Waals surface area contributed by atoms with E-state index in [-0.39, 0.29) is 30.0 Å². The Morgan fingerprint density at radius 2 is 1.87 bits per heavy atom. The first kappa shape index (κ1) is 20.3. The summed E-state index contributed by atoms with van der Waals surface area (Å²) in [7, 11) is 0. The second-order valence-electron chi connectivity index (χ2n) is 8.97. The number of ketones is 1. The highest BCUT2D eigenvalue weighted by Crippen LogP contribution is 2.44. The molecule has 0 bridgehead atoms. The zero-order chi connectivity index (χ0) is 21.5. The number of aryl methyl sites for hydroxylation is 1. The van der Waals surface area contributed by atoms with E-state index in [1.54, 1.807) is 16.7 Å². The average molecular weight is 436 g/mol. The van der Waals surface area contributed by atoms with E-state index in [0.717, 1.165) is 18.4 Å². The van der Waals surface area contributed by atoms with Crippen molar-refractivity contribution in [1.82, 2.24) is 14.3 Å². The van der Waals surface area contributed by atoms with Gasteiger partial charge in [-0.05, 0) is 74.3 Å². The molecule has 2 aliphatic rings. The van der Waals surface area contributed by atoms with Crippen LogP contribution in [0, 0.1) is 12.8 Å². The fraction of sp³-hybridized carbons (Fsp3) is 0.400. The fourth-order valence-corrected chi connectivity index (χ4v) is 4.54. The van der Waals surface area contributed by atoms with Crippen molar-refractivity contribution in [3.8, 4) is 11.4 Å². The molecular weight excluding hydrogens is 410 g/mol. The van der Waals surface area contributed by atoms with Gasteiger partial charge in [0.1, 0.15) is 6.54 Å². The van der Waals surface area contributed by atoms with Crippen molar-refractivity contribution in [2.24, 2.45) is 5.92 Å². The van der Waals surface area contributed by atoms with E-state index in [4.69, 9.17) is 11.6 Å². The van der Waals surface area contributed by atoms with Gasteiger partial charge in [0.15, 0.2) is 11.6 Å². The van der Waals surface area contributed by atoms with Gasteiger partial charge in [-0.2, -0.15) is 0 Å². The number of benzene rings is 2. The number of rotatable bonds is 8. The molecule has 2 saturated carbocycles. The number of halogens is 1. The molecule has 1 aromatic heterocycles. The topological polar surface area (TPSA) is 56.9 Å². The highest BCUT2D eigenvalue weighted by molar-refractivity contribution is 6.30. The van der Waals surface area contributed by atoms with Crippen LogP contribution in [0.5, 0.6) is 0 Å². The summed E-state index contributed by atoms with van der Waals surface area (Å²) in [6.45, 7) is 2.10. The lowest BCUT2D eigenvalue weighted by Gasteiger charge is -2.16. The van der Waals surface area contributed by atoms with Gasteiger partial charge in [0.05, 0.1) is 0 Å². The van der Waals surface area contributed by atoms with Crippen LogP contribution in [0.15, 0.2) is 53.3 Å². The van der Waals surface area contributed by atoms with Gasteiger partial charge in [-0.3, -0.25) is 9.36 Å². The summed E-state index contributed by atoms with van der Waals surface area (Å²) in [5.41, 5.74) is 3.09. The zero-order valence-electron chi connectivity index (χ0n) is 17.6. The van der Waals surface area contributed by atoms with Gasteiger partial charge in [0.25, 0.3) is 0 Å². The van der Waals surface area contributed by atoms with Crippen LogP contribution in [0.1, 0.15) is 55.2 Å². The monoisotopic (exact) mass is 435 g/mol. The first-order valence-corrected chi connectivity index (χ1v) is 11.4. The Bertz CT molecular complexity index is 1170. The second kappa shape index (κ2) is 8.12. The summed E-state index contributed by atoms with van der Waals surface area (Å²) >= 11 is 6.02. The molecule has 0 spiro atoms. The Kier molecular flexibility index (Phi) is 5.30. The number of carbonyl (C=O) groups excluding carboxylic acids is 1. The number of carbonyl (C=O) groups is 1. The number of hydrogen-bond acceptors (Lipinski definition) is 3. The van der Waals surface area contributed by atoms with E-state index >= 15 is 0 Å². The van der Waals surface area contributed by atoms with Gasteiger partial charge in [-0.15, -0.1) is 5.10 Å². The lowest BCUT2D eigenvalue weighted by atomic mass is 9.88. The Balaban J connectivity index is 1.39. The molecule has 3 aromatic rings. The normalized spacial score (nSPS) is 17.0. The summed E-state index contributed by atoms with van der Waals surface area (Å²) in [6, 6.07) is 16.0. The molecule has 2 aliphatic carbocycles. The van der Waals surface area contributed by atoms with Crippen molar-refractivity contribution in [3.63, 3.8) is 0 Å². The van der Waals surface area contributed by atoms with Crippen LogP contribution in [0.4, 0.5) is 0 Å². The van der Waals surface area contributed by atoms with Gasteiger partial charge in [0, 0.05) is 23.0 Å². The summed E-state index contributed by atoms with van der Waals surface area (Å²) in [4.78, 5) is 26.1. The van der Waals surface area contributed by atoms with Crippen LogP contribution in [0.3, 0.4) is 0 Å². The highest BCUT2D eigenvalue weighted by atomic mass is 35.5. The molecule has 31 heavy (non-hydrogen) atoms. The molecule has 0 N–H and O–H groups in total. The van der Waals surface area contributed by atoms with Gasteiger partial charge in [0.2, 0.25) is 0 Å². The summed E-state index contributed by atoms with van der Waals surface area (Å²) in [5.74, 6) is 1.47. The van der Waals surface area contributed by atoms with Crippen molar-refractivity contribution in [1.29, 1.82) is 0 Å². The van der Waals surface area contributed by atoms with Gasteiger partial charge >= 0.3 is 5.69 Å². The van der Waals surface area contributed by atoms with Crippen molar-refractivity contribution in [3.05, 3.63) is 75.2 Å². The van der Waals surface area contributed by atoms with Gasteiger partial charge in [-0.1, -0.05) is 41.4 Å². The molecular formula is C25H26ClN3O2. The van der Waals surface area contributed by atoms with E-state index in [1.807, 2.05) is 12.1 Å². The minimum Gasteiger partial charge on any atom is -0.298 e. The van der Waals surface area contributed by atoms with Crippen LogP contribution in [0.25, 0.3) is 11.4 Å². The van der Waals surface area contributed by atoms with Crippen LogP contribution in [-0.2, 0) is 11.3 Å². The molecule has 1 atom stereocenters. The quantitative estimate of drug-likeness (QED) is 0.491. The molecule has 0 saturated heterocycles. The molecule has 0 aliphatic heterocycles. The van der Waals surface area contributed by atoms with E-state index in [1.165, 1.54) is 28.7 Å². The lowest BCUT2D eigenvalue weighted by molar-refractivity contribution is -0.120. The Morgan fingerprint density at radius 1 is 1.13 bits per heavy atom. The minimum atomic E-state index is -0.195. The smallest absolute Gasteiger partial charge is 0.298 e. The molecule has 5 rings (SSSR count). The third-order valence-corrected chi connectivity index (χ3v) is 6.57. The standard InChI is InChI=1S/C25H26ClN3O2/c1-16-3-2-4-19(13-16)23(17-5-6-17)14-22(30)15-28-25(31)29(21-11-12-21)24(27-28)18-7-9-20(26)10-8-18/h2-4,7-10,13,17,21,23H,5-6,11-12,14-15H2,1H3. The molecule has 0 radical (unpaired) electrons. The first-order chi connectivity index (χ1) is 15.0.